The molecule has 0 radical (unpaired) electrons. The topological polar surface area (TPSA) is 76.4 Å². The van der Waals surface area contributed by atoms with Crippen LogP contribution < -0.4 is 15.4 Å². The summed E-state index contributed by atoms with van der Waals surface area (Å²) in [6, 6.07) is 24.8. The van der Waals surface area contributed by atoms with E-state index in [0.717, 1.165) is 30.7 Å². The van der Waals surface area contributed by atoms with E-state index in [1.807, 2.05) is 12.1 Å². The van der Waals surface area contributed by atoms with Gasteiger partial charge in [-0.25, -0.2) is 0 Å². The molecular formula is C32H37N3O3. The number of nitro groups is 1. The number of anilines is 2. The summed E-state index contributed by atoms with van der Waals surface area (Å²) in [6.45, 7) is 2.50. The zero-order valence-electron chi connectivity index (χ0n) is 22.2. The Morgan fingerprint density at radius 1 is 0.947 bits per heavy atom. The summed E-state index contributed by atoms with van der Waals surface area (Å²) in [5.74, 6) is 2.79. The van der Waals surface area contributed by atoms with E-state index in [-0.39, 0.29) is 22.1 Å². The van der Waals surface area contributed by atoms with Crippen LogP contribution >= 0.6 is 0 Å². The Kier molecular flexibility index (Phi) is 6.50. The molecule has 3 aliphatic carbocycles. The predicted molar refractivity (Wildman–Crippen MR) is 152 cm³/mol. The van der Waals surface area contributed by atoms with Crippen LogP contribution in [0.3, 0.4) is 0 Å². The van der Waals surface area contributed by atoms with Gasteiger partial charge in [-0.05, 0) is 109 Å². The van der Waals surface area contributed by atoms with E-state index in [0.29, 0.717) is 23.8 Å². The van der Waals surface area contributed by atoms with E-state index < -0.39 is 0 Å². The summed E-state index contributed by atoms with van der Waals surface area (Å²) >= 11 is 0. The number of hydrogen-bond donors (Lipinski definition) is 2. The molecule has 3 aromatic rings. The van der Waals surface area contributed by atoms with Crippen molar-refractivity contribution < 1.29 is 9.66 Å². The van der Waals surface area contributed by atoms with Crippen molar-refractivity contribution in [3.63, 3.8) is 0 Å². The molecule has 2 saturated carbocycles. The molecular weight excluding hydrogens is 474 g/mol. The number of nitrogens with zero attached hydrogens (tertiary/aromatic N) is 1. The number of benzene rings is 3. The van der Waals surface area contributed by atoms with Gasteiger partial charge in [0.1, 0.15) is 5.75 Å². The molecule has 0 unspecified atom stereocenters. The van der Waals surface area contributed by atoms with Gasteiger partial charge in [-0.2, -0.15) is 0 Å². The summed E-state index contributed by atoms with van der Waals surface area (Å²) in [7, 11) is 1.75. The fourth-order valence-electron chi connectivity index (χ4n) is 7.86. The maximum absolute atomic E-state index is 11.2. The van der Waals surface area contributed by atoms with Crippen LogP contribution in [0.5, 0.6) is 5.75 Å². The van der Waals surface area contributed by atoms with Gasteiger partial charge in [-0.3, -0.25) is 10.1 Å². The molecule has 0 aliphatic heterocycles. The van der Waals surface area contributed by atoms with E-state index in [4.69, 9.17) is 4.74 Å². The number of para-hydroxylation sites is 1. The van der Waals surface area contributed by atoms with Crippen LogP contribution in [0, 0.1) is 27.4 Å². The average Bonchev–Trinajstić information content (AvgIpc) is 2.94. The van der Waals surface area contributed by atoms with Crippen LogP contribution in [-0.2, 0) is 6.42 Å². The molecule has 2 N–H and O–H groups in total. The molecule has 3 aromatic carbocycles. The summed E-state index contributed by atoms with van der Waals surface area (Å²) in [4.78, 5) is 10.9. The number of ether oxygens (including phenoxy) is 1. The number of nitrogens with one attached hydrogen (secondary N) is 2. The Bertz CT molecular complexity index is 1300. The second-order valence-electron chi connectivity index (χ2n) is 11.7. The van der Waals surface area contributed by atoms with Crippen molar-refractivity contribution in [2.24, 2.45) is 17.3 Å². The first-order chi connectivity index (χ1) is 18.4. The van der Waals surface area contributed by atoms with E-state index >= 15 is 0 Å². The van der Waals surface area contributed by atoms with E-state index in [2.05, 4.69) is 66.1 Å². The van der Waals surface area contributed by atoms with Gasteiger partial charge in [0.05, 0.1) is 12.0 Å². The molecule has 198 valence electrons. The maximum atomic E-state index is 11.2. The van der Waals surface area contributed by atoms with E-state index in [9.17, 15) is 10.1 Å². The lowest BCUT2D eigenvalue weighted by Gasteiger charge is -2.59. The fourth-order valence-corrected chi connectivity index (χ4v) is 7.86. The Morgan fingerprint density at radius 2 is 1.71 bits per heavy atom. The third kappa shape index (κ3) is 4.50. The number of fused-ring (bicyclic) bond motifs is 5. The highest BCUT2D eigenvalue weighted by molar-refractivity contribution is 5.50. The third-order valence-corrected chi connectivity index (χ3v) is 9.79. The van der Waals surface area contributed by atoms with E-state index in [1.54, 1.807) is 19.2 Å². The van der Waals surface area contributed by atoms with Gasteiger partial charge in [-0.1, -0.05) is 31.2 Å². The molecule has 3 aliphatic rings. The van der Waals surface area contributed by atoms with Crippen molar-refractivity contribution in [3.8, 4) is 5.75 Å². The average molecular weight is 512 g/mol. The molecule has 6 heteroatoms. The van der Waals surface area contributed by atoms with Crippen LogP contribution in [0.2, 0.25) is 0 Å². The Labute approximate surface area is 225 Å². The first kappa shape index (κ1) is 24.8. The van der Waals surface area contributed by atoms with Crippen molar-refractivity contribution in [2.45, 2.75) is 63.5 Å². The number of rotatable bonds is 6. The number of aryl methyl sites for hydroxylation is 1. The van der Waals surface area contributed by atoms with Crippen molar-refractivity contribution in [2.75, 3.05) is 17.7 Å². The van der Waals surface area contributed by atoms with Gasteiger partial charge < -0.3 is 15.4 Å². The van der Waals surface area contributed by atoms with Crippen LogP contribution in [0.25, 0.3) is 0 Å². The van der Waals surface area contributed by atoms with Crippen LogP contribution in [-0.4, -0.2) is 24.1 Å². The normalized spacial score (nSPS) is 29.8. The summed E-state index contributed by atoms with van der Waals surface area (Å²) in [5.41, 5.74) is 5.41. The molecule has 0 aromatic heterocycles. The first-order valence-electron chi connectivity index (χ1n) is 13.9. The highest BCUT2D eigenvalue weighted by Gasteiger charge is 2.54. The van der Waals surface area contributed by atoms with Gasteiger partial charge >= 0.3 is 0 Å². The minimum Gasteiger partial charge on any atom is -0.497 e. The monoisotopic (exact) mass is 511 g/mol. The van der Waals surface area contributed by atoms with Crippen LogP contribution in [0.15, 0.2) is 72.8 Å². The number of nitro benzene ring substituents is 1. The number of non-ortho nitro benzene ring substituents is 1. The quantitative estimate of drug-likeness (QED) is 0.266. The van der Waals surface area contributed by atoms with Gasteiger partial charge in [0.15, 0.2) is 0 Å². The molecule has 6 nitrogen and oxygen atoms in total. The molecule has 0 saturated heterocycles. The van der Waals surface area contributed by atoms with Crippen LogP contribution in [0.4, 0.5) is 17.1 Å². The molecule has 0 heterocycles. The highest BCUT2D eigenvalue weighted by atomic mass is 16.6. The minimum atomic E-state index is -0.334. The Hall–Kier alpha value is -3.54. The second-order valence-corrected chi connectivity index (χ2v) is 11.7. The van der Waals surface area contributed by atoms with E-state index in [1.165, 1.54) is 36.1 Å². The van der Waals surface area contributed by atoms with Crippen molar-refractivity contribution >= 4 is 17.1 Å². The molecule has 38 heavy (non-hydrogen) atoms. The predicted octanol–water partition coefficient (Wildman–Crippen LogP) is 7.42. The summed E-state index contributed by atoms with van der Waals surface area (Å²) in [5, 5.41) is 18.9. The third-order valence-electron chi connectivity index (χ3n) is 9.79. The number of hydrogen-bond acceptors (Lipinski definition) is 5. The zero-order valence-corrected chi connectivity index (χ0v) is 22.2. The van der Waals surface area contributed by atoms with Crippen molar-refractivity contribution in [1.82, 2.24) is 0 Å². The Balaban J connectivity index is 1.31. The zero-order chi connectivity index (χ0) is 26.3. The van der Waals surface area contributed by atoms with Gasteiger partial charge in [0.25, 0.3) is 5.69 Å². The van der Waals surface area contributed by atoms with Crippen molar-refractivity contribution in [3.05, 3.63) is 94.0 Å². The Morgan fingerprint density at radius 3 is 2.45 bits per heavy atom. The van der Waals surface area contributed by atoms with Crippen molar-refractivity contribution in [1.29, 1.82) is 0 Å². The smallest absolute Gasteiger partial charge is 0.269 e. The maximum Gasteiger partial charge on any atom is 0.269 e. The molecule has 0 amide bonds. The standard InChI is InChI=1S/C32H37N3O3/c1-32-17-16-28-27-15-13-26(38-2)18-21(27)8-14-29(28)30(32)19-24(33-22-6-4-3-5-7-22)20-31(32)34-23-9-11-25(12-10-23)35(36)37/h3-7,9-13,15,18,24,28-31,33-34H,8,14,16-17,19-20H2,1-2H3/t24-,28+,29+,30-,31-,32-/m0/s1. The number of methoxy groups -OCH3 is 1. The van der Waals surface area contributed by atoms with Gasteiger partial charge in [0, 0.05) is 35.6 Å². The minimum absolute atomic E-state index is 0.130. The summed E-state index contributed by atoms with van der Waals surface area (Å²) < 4.78 is 5.53. The van der Waals surface area contributed by atoms with Gasteiger partial charge in [-0.15, -0.1) is 0 Å². The first-order valence-corrected chi connectivity index (χ1v) is 13.9. The molecule has 6 atom stereocenters. The molecule has 0 spiro atoms. The molecule has 2 fully saturated rings. The molecule has 6 rings (SSSR count). The lowest BCUT2D eigenvalue weighted by atomic mass is 9.48. The SMILES string of the molecule is COc1ccc2c(c1)CC[C@@H]1[C@@H]2CC[C@]2(C)[C@@H](Nc3ccc([N+](=O)[O-])cc3)C[C@@H](Nc3ccccc3)C[C@@H]12. The highest BCUT2D eigenvalue weighted by Crippen LogP contribution is 2.60. The summed E-state index contributed by atoms with van der Waals surface area (Å²) in [6.07, 6.45) is 6.88. The van der Waals surface area contributed by atoms with Crippen LogP contribution in [0.1, 0.15) is 56.1 Å². The lowest BCUT2D eigenvalue weighted by molar-refractivity contribution is -0.384. The fraction of sp³-hybridized carbons (Fsp3) is 0.438. The molecule has 0 bridgehead atoms. The largest absolute Gasteiger partial charge is 0.497 e. The second kappa shape index (κ2) is 9.97. The van der Waals surface area contributed by atoms with Gasteiger partial charge in [0.2, 0.25) is 0 Å². The lowest BCUT2D eigenvalue weighted by Crippen LogP contribution is -2.57.